The molecule has 0 radical (unpaired) electrons. The summed E-state index contributed by atoms with van der Waals surface area (Å²) in [6, 6.07) is 5.13. The van der Waals surface area contributed by atoms with Gasteiger partial charge in [0.15, 0.2) is 0 Å². The van der Waals surface area contributed by atoms with Gasteiger partial charge in [-0.3, -0.25) is 29.4 Å². The monoisotopic (exact) mass is 494 g/mol. The molecule has 1 aromatic rings. The molecule has 9 heteroatoms. The summed E-state index contributed by atoms with van der Waals surface area (Å²) in [6.45, 7) is 4.05. The largest absolute Gasteiger partial charge is 0.375 e. The molecule has 0 spiro atoms. The molecule has 4 fully saturated rings. The van der Waals surface area contributed by atoms with Crippen molar-refractivity contribution in [3.05, 3.63) is 34.9 Å². The van der Waals surface area contributed by atoms with Crippen LogP contribution in [0.3, 0.4) is 0 Å². The zero-order valence-electron chi connectivity index (χ0n) is 20.5. The number of hydrogen-bond donors (Lipinski definition) is 2. The van der Waals surface area contributed by atoms with Crippen LogP contribution in [-0.2, 0) is 14.3 Å². The molecule has 36 heavy (non-hydrogen) atoms. The molecule has 1 aliphatic carbocycles. The number of benzene rings is 1. The minimum atomic E-state index is -0.927. The Kier molecular flexibility index (Phi) is 6.39. The van der Waals surface area contributed by atoms with Gasteiger partial charge in [-0.2, -0.15) is 0 Å². The number of carbonyl (C=O) groups excluding carboxylic acids is 4. The van der Waals surface area contributed by atoms with Crippen LogP contribution < -0.4 is 10.6 Å². The molecule has 1 atom stereocenters. The fourth-order valence-electron chi connectivity index (χ4n) is 6.61. The van der Waals surface area contributed by atoms with Gasteiger partial charge in [-0.15, -0.1) is 0 Å². The second kappa shape index (κ2) is 9.68. The number of hydrogen-bond acceptors (Lipinski definition) is 7. The van der Waals surface area contributed by atoms with Gasteiger partial charge in [0.2, 0.25) is 11.8 Å². The van der Waals surface area contributed by atoms with Gasteiger partial charge in [-0.25, -0.2) is 0 Å². The first kappa shape index (κ1) is 23.8. The van der Waals surface area contributed by atoms with E-state index in [9.17, 15) is 19.2 Å². The van der Waals surface area contributed by atoms with Crippen molar-refractivity contribution in [3.63, 3.8) is 0 Å². The molecule has 1 aromatic carbocycles. The second-order valence-corrected chi connectivity index (χ2v) is 10.9. The molecule has 2 N–H and O–H groups in total. The van der Waals surface area contributed by atoms with Crippen LogP contribution in [0.1, 0.15) is 83.6 Å². The molecule has 4 heterocycles. The Morgan fingerprint density at radius 3 is 2.33 bits per heavy atom. The van der Waals surface area contributed by atoms with Crippen molar-refractivity contribution in [3.8, 4) is 0 Å². The maximum atomic E-state index is 13.4. The summed E-state index contributed by atoms with van der Waals surface area (Å²) in [5.41, 5.74) is 1.74. The number of likely N-dealkylation sites (tertiary alicyclic amines) is 1. The molecule has 1 saturated carbocycles. The summed E-state index contributed by atoms with van der Waals surface area (Å²) in [7, 11) is 0. The standard InChI is InChI=1S/C27H34N4O5/c32-23-5-4-22(25(33)29-23)31-26(34)21-3-1-2-20(24(21)27(31)35)16-8-12-30(13-9-16)17-14-19(15-17)36-18-6-10-28-11-7-18/h1-3,16-19,22,28H,4-15H2,(H,29,32,33)/t17-,19-,22-/m1/s1. The number of nitrogens with zero attached hydrogens (tertiary/aromatic N) is 2. The molecule has 9 nitrogen and oxygen atoms in total. The van der Waals surface area contributed by atoms with Gasteiger partial charge in [-0.05, 0) is 88.7 Å². The molecule has 0 unspecified atom stereocenters. The van der Waals surface area contributed by atoms with E-state index in [1.165, 1.54) is 0 Å². The number of carbonyl (C=O) groups is 4. The molecule has 6 rings (SSSR count). The third kappa shape index (κ3) is 4.27. The second-order valence-electron chi connectivity index (χ2n) is 10.9. The normalized spacial score (nSPS) is 30.3. The fourth-order valence-corrected chi connectivity index (χ4v) is 6.61. The first-order valence-corrected chi connectivity index (χ1v) is 13.4. The van der Waals surface area contributed by atoms with E-state index in [1.807, 2.05) is 12.1 Å². The van der Waals surface area contributed by atoms with Gasteiger partial charge in [0.05, 0.1) is 23.3 Å². The smallest absolute Gasteiger partial charge is 0.262 e. The lowest BCUT2D eigenvalue weighted by molar-refractivity contribution is -0.136. The van der Waals surface area contributed by atoms with Crippen molar-refractivity contribution in [2.24, 2.45) is 0 Å². The van der Waals surface area contributed by atoms with Crippen LogP contribution >= 0.6 is 0 Å². The molecule has 3 saturated heterocycles. The number of amides is 4. The lowest BCUT2D eigenvalue weighted by atomic mass is 9.82. The van der Waals surface area contributed by atoms with E-state index in [2.05, 4.69) is 15.5 Å². The Morgan fingerprint density at radius 1 is 0.861 bits per heavy atom. The van der Waals surface area contributed by atoms with E-state index < -0.39 is 23.8 Å². The SMILES string of the molecule is O=C1CC[C@@H](N2C(=O)c3cccc(C4CCN([C@H]5C[C@H](OC6CCNCC6)C5)CC4)c3C2=O)C(=O)N1. The summed E-state index contributed by atoms with van der Waals surface area (Å²) in [4.78, 5) is 54.2. The van der Waals surface area contributed by atoms with E-state index in [0.29, 0.717) is 29.4 Å². The number of fused-ring (bicyclic) bond motifs is 1. The molecule has 192 valence electrons. The summed E-state index contributed by atoms with van der Waals surface area (Å²) >= 11 is 0. The number of ether oxygens (including phenoxy) is 1. The Hall–Kier alpha value is -2.62. The van der Waals surface area contributed by atoms with E-state index >= 15 is 0 Å². The van der Waals surface area contributed by atoms with Crippen LogP contribution in [0.5, 0.6) is 0 Å². The van der Waals surface area contributed by atoms with Crippen molar-refractivity contribution in [1.82, 2.24) is 20.4 Å². The van der Waals surface area contributed by atoms with Crippen LogP contribution in [0.2, 0.25) is 0 Å². The van der Waals surface area contributed by atoms with Crippen molar-refractivity contribution < 1.29 is 23.9 Å². The van der Waals surface area contributed by atoms with Crippen molar-refractivity contribution >= 4 is 23.6 Å². The van der Waals surface area contributed by atoms with Gasteiger partial charge in [0, 0.05) is 12.5 Å². The highest BCUT2D eigenvalue weighted by molar-refractivity contribution is 6.24. The molecule has 4 aliphatic heterocycles. The zero-order chi connectivity index (χ0) is 24.8. The van der Waals surface area contributed by atoms with Gasteiger partial charge >= 0.3 is 0 Å². The highest BCUT2D eigenvalue weighted by Crippen LogP contribution is 2.39. The van der Waals surface area contributed by atoms with E-state index in [0.717, 1.165) is 75.2 Å². The van der Waals surface area contributed by atoms with Crippen LogP contribution in [0.4, 0.5) is 0 Å². The Bertz CT molecular complexity index is 1070. The van der Waals surface area contributed by atoms with E-state index in [4.69, 9.17) is 4.74 Å². The van der Waals surface area contributed by atoms with Gasteiger partial charge in [-0.1, -0.05) is 12.1 Å². The first-order valence-electron chi connectivity index (χ1n) is 13.4. The third-order valence-corrected chi connectivity index (χ3v) is 8.73. The average Bonchev–Trinajstić information content (AvgIpc) is 3.12. The zero-order valence-corrected chi connectivity index (χ0v) is 20.5. The quantitative estimate of drug-likeness (QED) is 0.598. The molecule has 5 aliphatic rings. The number of nitrogens with one attached hydrogen (secondary N) is 2. The molecule has 0 bridgehead atoms. The van der Waals surface area contributed by atoms with Crippen LogP contribution in [0.25, 0.3) is 0 Å². The summed E-state index contributed by atoms with van der Waals surface area (Å²) < 4.78 is 6.30. The highest BCUT2D eigenvalue weighted by Gasteiger charge is 2.46. The molecular formula is C27H34N4O5. The van der Waals surface area contributed by atoms with Crippen LogP contribution in [-0.4, -0.2) is 83.9 Å². The Morgan fingerprint density at radius 2 is 1.61 bits per heavy atom. The number of imide groups is 2. The predicted octanol–water partition coefficient (Wildman–Crippen LogP) is 1.57. The molecule has 4 amide bonds. The lowest BCUT2D eigenvalue weighted by Crippen LogP contribution is -2.54. The van der Waals surface area contributed by atoms with Crippen molar-refractivity contribution in [2.45, 2.75) is 81.6 Å². The summed E-state index contributed by atoms with van der Waals surface area (Å²) in [5.74, 6) is -1.57. The average molecular weight is 495 g/mol. The van der Waals surface area contributed by atoms with Crippen molar-refractivity contribution in [1.29, 1.82) is 0 Å². The Labute approximate surface area is 210 Å². The summed E-state index contributed by atoms with van der Waals surface area (Å²) in [6.07, 6.45) is 7.38. The van der Waals surface area contributed by atoms with Crippen LogP contribution in [0.15, 0.2) is 18.2 Å². The first-order chi connectivity index (χ1) is 17.5. The maximum absolute atomic E-state index is 13.4. The minimum absolute atomic E-state index is 0.125. The number of piperidine rings is 3. The van der Waals surface area contributed by atoms with Gasteiger partial charge in [0.1, 0.15) is 6.04 Å². The maximum Gasteiger partial charge on any atom is 0.262 e. The Balaban J connectivity index is 1.08. The van der Waals surface area contributed by atoms with E-state index in [1.54, 1.807) is 6.07 Å². The fraction of sp³-hybridized carbons (Fsp3) is 0.630. The highest BCUT2D eigenvalue weighted by atomic mass is 16.5. The topological polar surface area (TPSA) is 108 Å². The molecule has 0 aromatic heterocycles. The predicted molar refractivity (Wildman–Crippen MR) is 130 cm³/mol. The van der Waals surface area contributed by atoms with Crippen molar-refractivity contribution in [2.75, 3.05) is 26.2 Å². The third-order valence-electron chi connectivity index (χ3n) is 8.73. The summed E-state index contributed by atoms with van der Waals surface area (Å²) in [5, 5.41) is 5.65. The molecular weight excluding hydrogens is 460 g/mol. The van der Waals surface area contributed by atoms with E-state index in [-0.39, 0.29) is 24.7 Å². The van der Waals surface area contributed by atoms with Gasteiger partial charge in [0.25, 0.3) is 11.8 Å². The number of rotatable bonds is 5. The lowest BCUT2D eigenvalue weighted by Gasteiger charge is -2.46. The van der Waals surface area contributed by atoms with Gasteiger partial charge < -0.3 is 15.0 Å². The van der Waals surface area contributed by atoms with Crippen LogP contribution in [0, 0.1) is 0 Å². The minimum Gasteiger partial charge on any atom is -0.375 e.